The molecule has 72 valence electrons. The van der Waals surface area contributed by atoms with Crippen LogP contribution in [0.15, 0.2) is 12.1 Å². The first-order valence-corrected chi connectivity index (χ1v) is 4.07. The van der Waals surface area contributed by atoms with Gasteiger partial charge in [-0.1, -0.05) is 23.2 Å². The molecule has 0 atom stereocenters. The molecule has 13 heavy (non-hydrogen) atoms. The Morgan fingerprint density at radius 2 is 1.85 bits per heavy atom. The van der Waals surface area contributed by atoms with Gasteiger partial charge in [-0.05, 0) is 0 Å². The predicted molar refractivity (Wildman–Crippen MR) is 45.8 cm³/mol. The highest BCUT2D eigenvalue weighted by molar-refractivity contribution is 6.32. The third kappa shape index (κ3) is 3.74. The highest BCUT2D eigenvalue weighted by Crippen LogP contribution is 2.20. The summed E-state index contributed by atoms with van der Waals surface area (Å²) in [4.78, 5) is 3.62. The minimum Gasteiger partial charge on any atom is -0.487 e. The first-order valence-electron chi connectivity index (χ1n) is 3.32. The molecule has 0 N–H and O–H groups in total. The first-order chi connectivity index (χ1) is 6.08. The van der Waals surface area contributed by atoms with Gasteiger partial charge in [-0.25, -0.2) is 13.8 Å². The molecule has 1 aromatic rings. The Morgan fingerprint density at radius 1 is 1.31 bits per heavy atom. The van der Waals surface area contributed by atoms with Crippen molar-refractivity contribution in [1.29, 1.82) is 0 Å². The second-order valence-electron chi connectivity index (χ2n) is 2.15. The number of rotatable bonds is 3. The Kier molecular flexibility index (Phi) is 3.69. The highest BCUT2D eigenvalue weighted by atomic mass is 35.5. The largest absolute Gasteiger partial charge is 0.487 e. The molecule has 0 aliphatic heterocycles. The normalized spacial score (nSPS) is 10.5. The number of hydrogen-bond acceptors (Lipinski definition) is 2. The molecule has 6 heteroatoms. The number of ether oxygens (including phenoxy) is 1. The number of alkyl halides is 2. The summed E-state index contributed by atoms with van der Waals surface area (Å²) in [5.74, 6) is 0.185. The van der Waals surface area contributed by atoms with Crippen molar-refractivity contribution < 1.29 is 13.5 Å². The molecule has 1 aromatic heterocycles. The van der Waals surface area contributed by atoms with Crippen molar-refractivity contribution in [2.45, 2.75) is 6.43 Å². The molecule has 0 aliphatic rings. The molecule has 0 bridgehead atoms. The lowest BCUT2D eigenvalue weighted by Crippen LogP contribution is -2.06. The molecule has 0 fully saturated rings. The molecule has 0 radical (unpaired) electrons. The van der Waals surface area contributed by atoms with Crippen molar-refractivity contribution >= 4 is 23.2 Å². The predicted octanol–water partition coefficient (Wildman–Crippen LogP) is 3.03. The molecule has 0 saturated carbocycles. The van der Waals surface area contributed by atoms with E-state index in [1.54, 1.807) is 0 Å². The van der Waals surface area contributed by atoms with Gasteiger partial charge < -0.3 is 4.74 Å². The molecule has 0 amide bonds. The molecule has 0 saturated heterocycles. The van der Waals surface area contributed by atoms with E-state index < -0.39 is 13.0 Å². The second kappa shape index (κ2) is 4.58. The van der Waals surface area contributed by atoms with Crippen LogP contribution in [0.25, 0.3) is 0 Å². The molecule has 2 nitrogen and oxygen atoms in total. The van der Waals surface area contributed by atoms with Crippen LogP contribution in [-0.2, 0) is 0 Å². The van der Waals surface area contributed by atoms with Crippen molar-refractivity contribution in [2.75, 3.05) is 6.61 Å². The summed E-state index contributed by atoms with van der Waals surface area (Å²) in [5.41, 5.74) is 0. The molecule has 1 heterocycles. The Labute approximate surface area is 83.4 Å². The Balaban J connectivity index is 2.66. The van der Waals surface area contributed by atoms with Crippen molar-refractivity contribution in [3.63, 3.8) is 0 Å². The lowest BCUT2D eigenvalue weighted by atomic mass is 10.4. The van der Waals surface area contributed by atoms with Gasteiger partial charge in [0.25, 0.3) is 6.43 Å². The standard InChI is InChI=1S/C7H5Cl2F2NO/c8-5-1-4(2-6(9)12-5)13-3-7(10)11/h1-2,7H,3H2. The van der Waals surface area contributed by atoms with E-state index in [1.165, 1.54) is 12.1 Å². The lowest BCUT2D eigenvalue weighted by Gasteiger charge is -2.05. The van der Waals surface area contributed by atoms with Crippen LogP contribution in [0.2, 0.25) is 10.3 Å². The van der Waals surface area contributed by atoms with Gasteiger partial charge in [0.15, 0.2) is 0 Å². The number of hydrogen-bond donors (Lipinski definition) is 0. The fraction of sp³-hybridized carbons (Fsp3) is 0.286. The minimum atomic E-state index is -2.52. The van der Waals surface area contributed by atoms with E-state index in [-0.39, 0.29) is 16.1 Å². The summed E-state index contributed by atoms with van der Waals surface area (Å²) in [6.45, 7) is -0.684. The van der Waals surface area contributed by atoms with Gasteiger partial charge in [-0.2, -0.15) is 0 Å². The second-order valence-corrected chi connectivity index (χ2v) is 2.92. The molecular weight excluding hydrogens is 223 g/mol. The molecule has 0 aliphatic carbocycles. The van der Waals surface area contributed by atoms with E-state index in [0.717, 1.165) is 0 Å². The third-order valence-electron chi connectivity index (χ3n) is 1.11. The number of pyridine rings is 1. The maximum absolute atomic E-state index is 11.7. The van der Waals surface area contributed by atoms with Gasteiger partial charge >= 0.3 is 0 Å². The zero-order valence-electron chi connectivity index (χ0n) is 6.31. The maximum atomic E-state index is 11.7. The Morgan fingerprint density at radius 3 is 2.31 bits per heavy atom. The van der Waals surface area contributed by atoms with Gasteiger partial charge in [0.2, 0.25) is 0 Å². The van der Waals surface area contributed by atoms with Crippen LogP contribution in [0.5, 0.6) is 5.75 Å². The number of aromatic nitrogens is 1. The summed E-state index contributed by atoms with van der Waals surface area (Å²) in [6, 6.07) is 2.63. The van der Waals surface area contributed by atoms with E-state index >= 15 is 0 Å². The van der Waals surface area contributed by atoms with Crippen LogP contribution in [0.4, 0.5) is 8.78 Å². The molecule has 0 unspecified atom stereocenters. The molecule has 1 rings (SSSR count). The fourth-order valence-electron chi connectivity index (χ4n) is 0.686. The van der Waals surface area contributed by atoms with E-state index in [1.807, 2.05) is 0 Å². The Bertz CT molecular complexity index is 276. The van der Waals surface area contributed by atoms with Crippen LogP contribution in [0.1, 0.15) is 0 Å². The van der Waals surface area contributed by atoms with E-state index in [2.05, 4.69) is 9.72 Å². The van der Waals surface area contributed by atoms with Crippen molar-refractivity contribution in [3.8, 4) is 5.75 Å². The van der Waals surface area contributed by atoms with E-state index in [0.29, 0.717) is 0 Å². The Hall–Kier alpha value is -0.610. The number of nitrogens with zero attached hydrogens (tertiary/aromatic N) is 1. The van der Waals surface area contributed by atoms with Crippen LogP contribution in [0, 0.1) is 0 Å². The summed E-state index contributed by atoms with van der Waals surface area (Å²) >= 11 is 11.0. The van der Waals surface area contributed by atoms with Gasteiger partial charge in [0, 0.05) is 12.1 Å². The van der Waals surface area contributed by atoms with Gasteiger partial charge in [-0.15, -0.1) is 0 Å². The van der Waals surface area contributed by atoms with E-state index in [4.69, 9.17) is 23.2 Å². The van der Waals surface area contributed by atoms with Crippen molar-refractivity contribution in [3.05, 3.63) is 22.4 Å². The topological polar surface area (TPSA) is 22.1 Å². The summed E-state index contributed by atoms with van der Waals surface area (Å²) in [6.07, 6.45) is -2.52. The minimum absolute atomic E-state index is 0.108. The zero-order chi connectivity index (χ0) is 9.84. The maximum Gasteiger partial charge on any atom is 0.272 e. The average Bonchev–Trinajstić information content (AvgIpc) is 1.99. The highest BCUT2D eigenvalue weighted by Gasteiger charge is 2.05. The van der Waals surface area contributed by atoms with Crippen LogP contribution in [0.3, 0.4) is 0 Å². The van der Waals surface area contributed by atoms with Gasteiger partial charge in [-0.3, -0.25) is 0 Å². The molecular formula is C7H5Cl2F2NO. The fourth-order valence-corrected chi connectivity index (χ4v) is 1.13. The average molecular weight is 228 g/mol. The van der Waals surface area contributed by atoms with Crippen molar-refractivity contribution in [1.82, 2.24) is 4.98 Å². The lowest BCUT2D eigenvalue weighted by molar-refractivity contribution is 0.0818. The summed E-state index contributed by atoms with van der Waals surface area (Å²) in [5, 5.41) is 0.216. The number of halogens is 4. The molecule has 0 spiro atoms. The van der Waals surface area contributed by atoms with Gasteiger partial charge in [0.1, 0.15) is 22.7 Å². The molecule has 0 aromatic carbocycles. The smallest absolute Gasteiger partial charge is 0.272 e. The SMILES string of the molecule is FC(F)COc1cc(Cl)nc(Cl)c1. The van der Waals surface area contributed by atoms with Crippen LogP contribution in [-0.4, -0.2) is 18.0 Å². The third-order valence-corrected chi connectivity index (χ3v) is 1.50. The summed E-state index contributed by atoms with van der Waals surface area (Å²) in [7, 11) is 0. The van der Waals surface area contributed by atoms with Gasteiger partial charge in [0.05, 0.1) is 0 Å². The summed E-state index contributed by atoms with van der Waals surface area (Å²) < 4.78 is 28.1. The zero-order valence-corrected chi connectivity index (χ0v) is 7.82. The first kappa shape index (κ1) is 10.5. The van der Waals surface area contributed by atoms with E-state index in [9.17, 15) is 8.78 Å². The quantitative estimate of drug-likeness (QED) is 0.741. The van der Waals surface area contributed by atoms with Crippen LogP contribution >= 0.6 is 23.2 Å². The van der Waals surface area contributed by atoms with Crippen molar-refractivity contribution in [2.24, 2.45) is 0 Å². The van der Waals surface area contributed by atoms with Crippen LogP contribution < -0.4 is 4.74 Å². The monoisotopic (exact) mass is 227 g/mol.